The van der Waals surface area contributed by atoms with Crippen LogP contribution in [0.15, 0.2) is 222 Å². The summed E-state index contributed by atoms with van der Waals surface area (Å²) in [5.74, 6) is 0. The van der Waals surface area contributed by atoms with E-state index >= 15 is 0 Å². The molecule has 0 bridgehead atoms. The fourth-order valence-electron chi connectivity index (χ4n) is 6.46. The van der Waals surface area contributed by atoms with Gasteiger partial charge in [-0.1, -0.05) is 73.3 Å². The molecule has 0 amide bonds. The molecular weight excluding hydrogens is 1400 g/mol. The monoisotopic (exact) mass is 1440 g/mol. The summed E-state index contributed by atoms with van der Waals surface area (Å²) in [4.78, 5) is 0. The zero-order chi connectivity index (χ0) is 63.4. The number of aliphatic hydroxyl groups is 2. The van der Waals surface area contributed by atoms with Gasteiger partial charge in [-0.2, -0.15) is 92.2 Å². The Bertz CT molecular complexity index is 2760. The first kappa shape index (κ1) is 83.9. The van der Waals surface area contributed by atoms with E-state index in [2.05, 4.69) is 134 Å². The molecule has 0 aliphatic carbocycles. The third-order valence-corrected chi connectivity index (χ3v) is 9.14. The fraction of sp³-hybridized carbons (Fsp3) is 0.125. The number of rotatable bonds is 12. The molecule has 12 heterocycles. The second-order valence-electron chi connectivity index (χ2n) is 13.8. The van der Waals surface area contributed by atoms with E-state index in [9.17, 15) is 0 Å². The van der Waals surface area contributed by atoms with Gasteiger partial charge in [0.05, 0.1) is 0 Å². The molecule has 32 nitrogen and oxygen atoms in total. The van der Waals surface area contributed by atoms with Crippen LogP contribution < -0.4 is 0 Å². The number of nitrogens with zero attached hydrogens (tertiary/aromatic N) is 30. The Balaban J connectivity index is -0.000000988. The van der Waals surface area contributed by atoms with Crippen LogP contribution in [0.2, 0.25) is 0 Å². The van der Waals surface area contributed by atoms with Crippen LogP contribution in [0.1, 0.15) is 25.2 Å². The van der Waals surface area contributed by atoms with Gasteiger partial charge in [-0.25, -0.2) is 56.2 Å². The van der Waals surface area contributed by atoms with E-state index in [4.69, 9.17) is 42.7 Å². The molecule has 0 radical (unpaired) electrons. The zero-order valence-electron chi connectivity index (χ0n) is 45.8. The minimum atomic E-state index is -0.194. The summed E-state index contributed by atoms with van der Waals surface area (Å²) in [5.41, 5.74) is 0. The first-order valence-corrected chi connectivity index (χ1v) is 25.6. The van der Waals surface area contributed by atoms with E-state index in [1.54, 1.807) is 131 Å². The van der Waals surface area contributed by atoms with Crippen molar-refractivity contribution < 1.29 is 59.7 Å². The second-order valence-corrected chi connectivity index (χ2v) is 14.9. The minimum Gasteiger partial charge on any atom is -0.753 e. The molecule has 0 unspecified atom stereocenters. The Hall–Kier alpha value is -9.28. The van der Waals surface area contributed by atoms with Crippen molar-refractivity contribution in [1.29, 1.82) is 0 Å². The summed E-state index contributed by atoms with van der Waals surface area (Å²) in [7, 11) is 2.00. The Morgan fingerprint density at radius 2 is 0.292 bits per heavy atom. The number of isothiocyanates is 6. The normalized spacial score (nSPS) is 8.63. The molecular formula is C48H48N30Ni3O2S6. The van der Waals surface area contributed by atoms with E-state index in [1.807, 2.05) is 147 Å². The van der Waals surface area contributed by atoms with Crippen molar-refractivity contribution in [3.05, 3.63) is 254 Å². The second kappa shape index (κ2) is 55.3. The third-order valence-electron chi connectivity index (χ3n) is 9.14. The van der Waals surface area contributed by atoms with Gasteiger partial charge in [0.2, 0.25) is 25.2 Å². The molecule has 0 aromatic carbocycles. The van der Waals surface area contributed by atoms with Crippen molar-refractivity contribution in [3.8, 4) is 0 Å². The van der Waals surface area contributed by atoms with Gasteiger partial charge < -0.3 is 42.7 Å². The van der Waals surface area contributed by atoms with Gasteiger partial charge in [0.25, 0.3) is 0 Å². The Morgan fingerprint density at radius 1 is 0.225 bits per heavy atom. The molecule has 0 saturated heterocycles. The number of aromatic nitrogens is 24. The van der Waals surface area contributed by atoms with E-state index in [-0.39, 0.29) is 74.6 Å². The molecule has 0 aliphatic heterocycles. The van der Waals surface area contributed by atoms with Gasteiger partial charge in [-0.15, -0.1) is 0 Å². The molecule has 0 fully saturated rings. The molecule has 0 spiro atoms. The topological polar surface area (TPSA) is 388 Å². The van der Waals surface area contributed by atoms with E-state index in [0.717, 1.165) is 14.2 Å². The van der Waals surface area contributed by atoms with Gasteiger partial charge in [0.15, 0.2) is 0 Å². The molecule has 0 atom stereocenters. The Morgan fingerprint density at radius 3 is 0.337 bits per heavy atom. The van der Waals surface area contributed by atoms with Crippen LogP contribution in [0.3, 0.4) is 0 Å². The summed E-state index contributed by atoms with van der Waals surface area (Å²) in [6, 6.07) is 22.5. The van der Waals surface area contributed by atoms with Crippen molar-refractivity contribution >= 4 is 104 Å². The van der Waals surface area contributed by atoms with Crippen LogP contribution in [0.25, 0.3) is 32.5 Å². The molecule has 2 N–H and O–H groups in total. The third kappa shape index (κ3) is 30.8. The maximum absolute atomic E-state index is 7.13. The van der Waals surface area contributed by atoms with Crippen molar-refractivity contribution in [1.82, 2.24) is 117 Å². The number of hydrogen-bond donors (Lipinski definition) is 2. The average Bonchev–Trinajstić information content (AvgIpc) is 4.15. The molecule has 41 heteroatoms. The SMILES string of the molecule is CO.CO.[N-]=C=S.[N-]=C=S.[N-]=C=S.[N-]=C=S.[N-]=C=S.[N-]=C=S.[Ni+2].[Ni+2].[Ni+2].c1cnn(C(n2cccn2)n2cccn2)c1.c1cnn(C(n2cccn2)n2cccn2)c1.c1cnn(C(n2cccn2)n2cccn2)c1.c1cnn(C(n2cccn2)n2cccn2)c1. The number of hydrogen-bond acceptors (Lipinski definition) is 20. The predicted octanol–water partition coefficient (Wildman–Crippen LogP) is 6.48. The van der Waals surface area contributed by atoms with Crippen LogP contribution in [-0.2, 0) is 49.5 Å². The van der Waals surface area contributed by atoms with E-state index in [0.29, 0.717) is 0 Å². The van der Waals surface area contributed by atoms with Crippen molar-refractivity contribution in [2.24, 2.45) is 0 Å². The standard InChI is InChI=1S/4C10H10N6.6CNS.2CH4O.3Ni/c4*1-4-11-14(7-1)10(15-8-2-5-12-15)16-9-3-6-13-16;6*2-1-3;2*1-2;;;/h4*1-10H;;;;;;;2*2H,1H3;;;/q;;;;6*-1;;;3*+2. The smallest absolute Gasteiger partial charge is 0.753 e. The summed E-state index contributed by atoms with van der Waals surface area (Å²) in [5, 5.41) is 115. The molecule has 0 saturated carbocycles. The Kier molecular flexibility index (Phi) is 52.2. The van der Waals surface area contributed by atoms with Crippen LogP contribution in [-0.4, -0.2) is 173 Å². The average molecular weight is 1450 g/mol. The molecule has 12 aromatic rings. The van der Waals surface area contributed by atoms with Crippen LogP contribution in [0.4, 0.5) is 0 Å². The van der Waals surface area contributed by atoms with Crippen molar-refractivity contribution in [3.63, 3.8) is 0 Å². The molecule has 468 valence electrons. The van der Waals surface area contributed by atoms with Gasteiger partial charge >= 0.3 is 49.5 Å². The predicted molar refractivity (Wildman–Crippen MR) is 338 cm³/mol. The number of aliphatic hydroxyl groups excluding tert-OH is 2. The molecule has 89 heavy (non-hydrogen) atoms. The Labute approximate surface area is 570 Å². The zero-order valence-corrected chi connectivity index (χ0v) is 53.7. The summed E-state index contributed by atoms with van der Waals surface area (Å²) >= 11 is 22.2. The molecule has 0 aliphatic rings. The van der Waals surface area contributed by atoms with Crippen molar-refractivity contribution in [2.75, 3.05) is 14.2 Å². The van der Waals surface area contributed by atoms with Gasteiger partial charge in [-0.3, -0.25) is 0 Å². The van der Waals surface area contributed by atoms with E-state index in [1.165, 1.54) is 31.0 Å². The maximum Gasteiger partial charge on any atom is 2.00 e. The number of thiocarbonyl (C=S) groups is 6. The quantitative estimate of drug-likeness (QED) is 0.0751. The summed E-state index contributed by atoms with van der Waals surface area (Å²) in [6.07, 6.45) is 42.7. The summed E-state index contributed by atoms with van der Waals surface area (Å²) in [6.45, 7) is 0. The van der Waals surface area contributed by atoms with Gasteiger partial charge in [0.1, 0.15) is 0 Å². The van der Waals surface area contributed by atoms with Gasteiger partial charge in [0, 0.05) is 163 Å². The van der Waals surface area contributed by atoms with Crippen molar-refractivity contribution in [2.45, 2.75) is 25.2 Å². The van der Waals surface area contributed by atoms with Gasteiger partial charge in [-0.05, 0) is 72.8 Å². The maximum atomic E-state index is 7.13. The minimum absolute atomic E-state index is 0. The van der Waals surface area contributed by atoms with Crippen LogP contribution >= 0.6 is 73.3 Å². The molecule has 12 aromatic heterocycles. The molecule has 12 rings (SSSR count). The van der Waals surface area contributed by atoms with E-state index < -0.39 is 0 Å². The van der Waals surface area contributed by atoms with Crippen LogP contribution in [0.5, 0.6) is 0 Å². The first-order valence-electron chi connectivity index (χ1n) is 23.2. The first-order chi connectivity index (χ1) is 42.3. The fourth-order valence-corrected chi connectivity index (χ4v) is 6.46. The van der Waals surface area contributed by atoms with Crippen LogP contribution in [0, 0.1) is 0 Å². The largest absolute Gasteiger partial charge is 2.00 e. The summed E-state index contributed by atoms with van der Waals surface area (Å²) < 4.78 is 21.5.